The summed E-state index contributed by atoms with van der Waals surface area (Å²) in [5, 5.41) is 3.43. The van der Waals surface area contributed by atoms with Crippen LogP contribution in [0, 0.1) is 0 Å². The maximum Gasteiger partial charge on any atom is 0.183 e. The SMILES string of the molecule is C[N+]12CC[N+](C3CN=CN3)(CC1)CC2. The predicted octanol–water partition coefficient (Wildman–Crippen LogP) is -0.765. The zero-order valence-corrected chi connectivity index (χ0v) is 8.95. The van der Waals surface area contributed by atoms with Crippen molar-refractivity contribution < 1.29 is 8.97 Å². The van der Waals surface area contributed by atoms with Crippen molar-refractivity contribution in [3.05, 3.63) is 0 Å². The van der Waals surface area contributed by atoms with Gasteiger partial charge in [-0.3, -0.25) is 9.48 Å². The van der Waals surface area contributed by atoms with Crippen molar-refractivity contribution in [1.29, 1.82) is 0 Å². The fourth-order valence-corrected chi connectivity index (χ4v) is 3.14. The number of hydrogen-bond donors (Lipinski definition) is 1. The number of likely N-dealkylation sites (N-methyl/N-ethyl adjacent to an activating group) is 1. The minimum absolute atomic E-state index is 0.587. The Balaban J connectivity index is 1.78. The first kappa shape index (κ1) is 8.68. The average Bonchev–Trinajstić information content (AvgIpc) is 2.73. The summed E-state index contributed by atoms with van der Waals surface area (Å²) >= 11 is 0. The molecule has 0 spiro atoms. The average molecular weight is 196 g/mol. The number of aliphatic imine (C=N–C) groups is 1. The van der Waals surface area contributed by atoms with E-state index in [9.17, 15) is 0 Å². The summed E-state index contributed by atoms with van der Waals surface area (Å²) in [5.74, 6) is 0. The molecule has 78 valence electrons. The second-order valence-electron chi connectivity index (χ2n) is 5.36. The van der Waals surface area contributed by atoms with Gasteiger partial charge in [-0.2, -0.15) is 0 Å². The van der Waals surface area contributed by atoms with E-state index in [2.05, 4.69) is 17.4 Å². The highest BCUT2D eigenvalue weighted by atomic mass is 15.6. The lowest BCUT2D eigenvalue weighted by atomic mass is 10.1. The highest BCUT2D eigenvalue weighted by Gasteiger charge is 2.51. The summed E-state index contributed by atoms with van der Waals surface area (Å²) in [5.41, 5.74) is 0. The topological polar surface area (TPSA) is 24.4 Å². The molecule has 14 heavy (non-hydrogen) atoms. The first-order chi connectivity index (χ1) is 6.73. The molecule has 1 unspecified atom stereocenters. The summed E-state index contributed by atoms with van der Waals surface area (Å²) in [4.78, 5) is 4.31. The fraction of sp³-hybridized carbons (Fsp3) is 0.900. The van der Waals surface area contributed by atoms with Gasteiger partial charge in [-0.1, -0.05) is 0 Å². The molecule has 0 amide bonds. The van der Waals surface area contributed by atoms with Crippen molar-refractivity contribution in [3.8, 4) is 0 Å². The summed E-state index contributed by atoms with van der Waals surface area (Å²) in [6.45, 7) is 9.10. The van der Waals surface area contributed by atoms with Crippen molar-refractivity contribution in [2.75, 3.05) is 52.9 Å². The van der Waals surface area contributed by atoms with Crippen LogP contribution in [0.3, 0.4) is 0 Å². The van der Waals surface area contributed by atoms with Crippen LogP contribution in [-0.4, -0.2) is 74.3 Å². The Hall–Kier alpha value is -0.610. The van der Waals surface area contributed by atoms with Crippen LogP contribution in [0.1, 0.15) is 0 Å². The maximum atomic E-state index is 4.31. The Morgan fingerprint density at radius 2 is 1.79 bits per heavy atom. The van der Waals surface area contributed by atoms with Gasteiger partial charge < -0.3 is 9.80 Å². The van der Waals surface area contributed by atoms with Crippen molar-refractivity contribution in [2.24, 2.45) is 4.99 Å². The molecule has 4 heteroatoms. The van der Waals surface area contributed by atoms with E-state index >= 15 is 0 Å². The van der Waals surface area contributed by atoms with Gasteiger partial charge in [0.15, 0.2) is 6.17 Å². The lowest BCUT2D eigenvalue weighted by Gasteiger charge is -2.55. The standard InChI is InChI=1S/C10H20N4/c1-13-2-5-14(6-3-13,7-4-13)10-8-11-9-12-10/h9-10H,2-8H2,1H3,(H,11,12)/q+2. The Labute approximate surface area is 85.4 Å². The number of nitrogens with zero attached hydrogens (tertiary/aromatic N) is 3. The van der Waals surface area contributed by atoms with Gasteiger partial charge in [0.05, 0.1) is 13.4 Å². The molecule has 4 heterocycles. The van der Waals surface area contributed by atoms with E-state index in [4.69, 9.17) is 0 Å². The highest BCUT2D eigenvalue weighted by Crippen LogP contribution is 2.27. The van der Waals surface area contributed by atoms with Crippen LogP contribution < -0.4 is 5.32 Å². The first-order valence-corrected chi connectivity index (χ1v) is 5.66. The lowest BCUT2D eigenvalue weighted by molar-refractivity contribution is -1.08. The largest absolute Gasteiger partial charge is 0.326 e. The monoisotopic (exact) mass is 196 g/mol. The molecule has 1 N–H and O–H groups in total. The van der Waals surface area contributed by atoms with Gasteiger partial charge in [-0.25, -0.2) is 0 Å². The second kappa shape index (κ2) is 2.70. The molecule has 0 aromatic rings. The molecule has 4 nitrogen and oxygen atoms in total. The Bertz CT molecular complexity index is 241. The molecule has 0 radical (unpaired) electrons. The third kappa shape index (κ3) is 1.10. The van der Waals surface area contributed by atoms with Gasteiger partial charge in [-0.15, -0.1) is 0 Å². The predicted molar refractivity (Wildman–Crippen MR) is 55.9 cm³/mol. The third-order valence-corrected chi connectivity index (χ3v) is 4.55. The van der Waals surface area contributed by atoms with E-state index in [0.29, 0.717) is 6.17 Å². The molecule has 3 fully saturated rings. The number of fused-ring (bicyclic) bond motifs is 3. The number of quaternary nitrogens is 2. The van der Waals surface area contributed by atoms with Crippen molar-refractivity contribution in [1.82, 2.24) is 5.32 Å². The minimum Gasteiger partial charge on any atom is -0.326 e. The van der Waals surface area contributed by atoms with Crippen molar-refractivity contribution >= 4 is 6.34 Å². The Kier molecular flexibility index (Phi) is 1.67. The highest BCUT2D eigenvalue weighted by molar-refractivity contribution is 5.56. The van der Waals surface area contributed by atoms with E-state index < -0.39 is 0 Å². The number of nitrogens with one attached hydrogen (secondary N) is 1. The van der Waals surface area contributed by atoms with Crippen LogP contribution in [0.25, 0.3) is 0 Å². The quantitative estimate of drug-likeness (QED) is 0.548. The van der Waals surface area contributed by atoms with E-state index in [1.165, 1.54) is 48.2 Å². The van der Waals surface area contributed by atoms with Crippen LogP contribution in [0.4, 0.5) is 0 Å². The summed E-state index contributed by atoms with van der Waals surface area (Å²) in [6.07, 6.45) is 2.48. The Morgan fingerprint density at radius 1 is 1.14 bits per heavy atom. The van der Waals surface area contributed by atoms with Crippen molar-refractivity contribution in [2.45, 2.75) is 6.17 Å². The summed E-state index contributed by atoms with van der Waals surface area (Å²) < 4.78 is 2.60. The molecule has 3 saturated heterocycles. The van der Waals surface area contributed by atoms with Gasteiger partial charge in [0.25, 0.3) is 0 Å². The molecule has 0 saturated carbocycles. The van der Waals surface area contributed by atoms with E-state index in [1.807, 2.05) is 6.34 Å². The molecule has 2 bridgehead atoms. The van der Waals surface area contributed by atoms with E-state index in [0.717, 1.165) is 6.54 Å². The molecule has 4 aliphatic heterocycles. The smallest absolute Gasteiger partial charge is 0.183 e. The van der Waals surface area contributed by atoms with Crippen LogP contribution in [0.2, 0.25) is 0 Å². The third-order valence-electron chi connectivity index (χ3n) is 4.55. The number of piperazine rings is 3. The number of hydrogen-bond acceptors (Lipinski definition) is 2. The maximum absolute atomic E-state index is 4.31. The minimum atomic E-state index is 0.587. The van der Waals surface area contributed by atoms with Gasteiger partial charge in [0.2, 0.25) is 0 Å². The summed E-state index contributed by atoms with van der Waals surface area (Å²) in [6, 6.07) is 0. The molecule has 1 atom stereocenters. The first-order valence-electron chi connectivity index (χ1n) is 5.66. The zero-order chi connectivity index (χ0) is 9.65. The molecule has 4 rings (SSSR count). The van der Waals surface area contributed by atoms with Crippen LogP contribution in [-0.2, 0) is 0 Å². The zero-order valence-electron chi connectivity index (χ0n) is 8.95. The normalized spacial score (nSPS) is 50.8. The van der Waals surface area contributed by atoms with Crippen LogP contribution >= 0.6 is 0 Å². The van der Waals surface area contributed by atoms with Crippen LogP contribution in [0.15, 0.2) is 4.99 Å². The molecule has 0 aliphatic carbocycles. The van der Waals surface area contributed by atoms with Gasteiger partial charge in [-0.05, 0) is 0 Å². The van der Waals surface area contributed by atoms with Gasteiger partial charge in [0.1, 0.15) is 45.8 Å². The molecule has 4 aliphatic rings. The Morgan fingerprint density at radius 3 is 2.29 bits per heavy atom. The molecular formula is C10H20N4+2. The van der Waals surface area contributed by atoms with Gasteiger partial charge >= 0.3 is 0 Å². The van der Waals surface area contributed by atoms with Crippen molar-refractivity contribution in [3.63, 3.8) is 0 Å². The lowest BCUT2D eigenvalue weighted by Crippen LogP contribution is -2.77. The molecule has 0 aromatic carbocycles. The van der Waals surface area contributed by atoms with Crippen LogP contribution in [0.5, 0.6) is 0 Å². The fourth-order valence-electron chi connectivity index (χ4n) is 3.14. The van der Waals surface area contributed by atoms with E-state index in [-0.39, 0.29) is 0 Å². The second-order valence-corrected chi connectivity index (χ2v) is 5.36. The molecular weight excluding hydrogens is 176 g/mol. The number of rotatable bonds is 1. The van der Waals surface area contributed by atoms with Gasteiger partial charge in [0, 0.05) is 0 Å². The van der Waals surface area contributed by atoms with E-state index in [1.54, 1.807) is 0 Å². The molecule has 0 aromatic heterocycles. The summed E-state index contributed by atoms with van der Waals surface area (Å²) in [7, 11) is 2.41.